The monoisotopic (exact) mass is 458 g/mol. The van der Waals surface area contributed by atoms with E-state index < -0.39 is 0 Å². The van der Waals surface area contributed by atoms with Gasteiger partial charge < -0.3 is 10.1 Å². The van der Waals surface area contributed by atoms with Gasteiger partial charge in [-0.1, -0.05) is 27.5 Å². The molecule has 0 saturated carbocycles. The van der Waals surface area contributed by atoms with Crippen LogP contribution < -0.4 is 10.1 Å². The number of ketones is 1. The number of ether oxygens (including phenoxy) is 1. The van der Waals surface area contributed by atoms with Gasteiger partial charge in [-0.3, -0.25) is 14.6 Å². The molecule has 0 aliphatic rings. The van der Waals surface area contributed by atoms with Crippen LogP contribution in [0.1, 0.15) is 21.6 Å². The minimum Gasteiger partial charge on any atom is -0.484 e. The van der Waals surface area contributed by atoms with E-state index in [1.54, 1.807) is 60.8 Å². The Morgan fingerprint density at radius 3 is 2.57 bits per heavy atom. The van der Waals surface area contributed by atoms with Crippen LogP contribution in [0, 0.1) is 6.92 Å². The average molecular weight is 460 g/mol. The summed E-state index contributed by atoms with van der Waals surface area (Å²) in [6, 6.07) is 15.1. The maximum atomic E-state index is 12.6. The van der Waals surface area contributed by atoms with Gasteiger partial charge >= 0.3 is 0 Å². The van der Waals surface area contributed by atoms with Crippen molar-refractivity contribution in [1.82, 2.24) is 4.98 Å². The largest absolute Gasteiger partial charge is 0.484 e. The van der Waals surface area contributed by atoms with Crippen LogP contribution >= 0.6 is 27.5 Å². The van der Waals surface area contributed by atoms with Crippen molar-refractivity contribution < 1.29 is 14.3 Å². The fourth-order valence-electron chi connectivity index (χ4n) is 2.50. The van der Waals surface area contributed by atoms with Gasteiger partial charge in [-0.05, 0) is 61.5 Å². The fourth-order valence-corrected chi connectivity index (χ4v) is 3.10. The maximum Gasteiger partial charge on any atom is 0.262 e. The van der Waals surface area contributed by atoms with Gasteiger partial charge in [0, 0.05) is 38.2 Å². The first kappa shape index (κ1) is 20.0. The van der Waals surface area contributed by atoms with Crippen molar-refractivity contribution in [3.63, 3.8) is 0 Å². The SMILES string of the molecule is Cc1cc(NC(=O)COc2ccc(C(=O)c3cc(Cl)ccc3Br)cc2)ccn1. The van der Waals surface area contributed by atoms with E-state index in [1.165, 1.54) is 0 Å². The number of benzene rings is 2. The Morgan fingerprint density at radius 1 is 1.11 bits per heavy atom. The molecule has 1 heterocycles. The molecule has 0 saturated heterocycles. The minimum absolute atomic E-state index is 0.144. The number of aromatic nitrogens is 1. The highest BCUT2D eigenvalue weighted by Gasteiger charge is 2.13. The van der Waals surface area contributed by atoms with Gasteiger partial charge in [0.15, 0.2) is 12.4 Å². The number of hydrogen-bond acceptors (Lipinski definition) is 4. The molecule has 1 amide bonds. The van der Waals surface area contributed by atoms with E-state index in [2.05, 4.69) is 26.2 Å². The zero-order valence-corrected chi connectivity index (χ0v) is 17.3. The van der Waals surface area contributed by atoms with Crippen LogP contribution in [-0.2, 0) is 4.79 Å². The van der Waals surface area contributed by atoms with Crippen LogP contribution in [0.4, 0.5) is 5.69 Å². The standard InChI is InChI=1S/C21H16BrClN2O3/c1-13-10-16(8-9-24-13)25-20(26)12-28-17-5-2-14(3-6-17)21(27)18-11-15(23)4-7-19(18)22/h2-11H,12H2,1H3,(H,24,25,26). The van der Waals surface area contributed by atoms with Crippen molar-refractivity contribution in [2.24, 2.45) is 0 Å². The second-order valence-electron chi connectivity index (χ2n) is 6.00. The number of nitrogens with zero attached hydrogens (tertiary/aromatic N) is 1. The molecule has 7 heteroatoms. The lowest BCUT2D eigenvalue weighted by molar-refractivity contribution is -0.118. The number of hydrogen-bond donors (Lipinski definition) is 1. The Hall–Kier alpha value is -2.70. The first-order chi connectivity index (χ1) is 13.4. The molecular weight excluding hydrogens is 444 g/mol. The Labute approximate surface area is 175 Å². The van der Waals surface area contributed by atoms with Crippen molar-refractivity contribution in [2.45, 2.75) is 6.92 Å². The molecule has 1 aromatic heterocycles. The first-order valence-corrected chi connectivity index (χ1v) is 9.54. The van der Waals surface area contributed by atoms with Crippen molar-refractivity contribution in [3.8, 4) is 5.75 Å². The quantitative estimate of drug-likeness (QED) is 0.524. The Bertz CT molecular complexity index is 1020. The molecule has 0 unspecified atom stereocenters. The lowest BCUT2D eigenvalue weighted by Gasteiger charge is -2.09. The second kappa shape index (κ2) is 8.99. The van der Waals surface area contributed by atoms with Gasteiger partial charge in [0.2, 0.25) is 0 Å². The predicted octanol–water partition coefficient (Wildman–Crippen LogP) is 5.05. The number of halogens is 2. The van der Waals surface area contributed by atoms with Gasteiger partial charge in [-0.25, -0.2) is 0 Å². The molecule has 28 heavy (non-hydrogen) atoms. The summed E-state index contributed by atoms with van der Waals surface area (Å²) in [5.74, 6) is 0.0445. The summed E-state index contributed by atoms with van der Waals surface area (Å²) in [5, 5.41) is 3.23. The Morgan fingerprint density at radius 2 is 1.86 bits per heavy atom. The average Bonchev–Trinajstić information content (AvgIpc) is 2.68. The van der Waals surface area contributed by atoms with Crippen LogP contribution in [0.5, 0.6) is 5.75 Å². The van der Waals surface area contributed by atoms with E-state index in [1.807, 2.05) is 6.92 Å². The third-order valence-corrected chi connectivity index (χ3v) is 4.77. The lowest BCUT2D eigenvalue weighted by atomic mass is 10.0. The summed E-state index contributed by atoms with van der Waals surface area (Å²) in [6.45, 7) is 1.70. The topological polar surface area (TPSA) is 68.3 Å². The van der Waals surface area contributed by atoms with Crippen molar-refractivity contribution in [3.05, 3.63) is 87.1 Å². The summed E-state index contributed by atoms with van der Waals surface area (Å²) in [6.07, 6.45) is 1.62. The summed E-state index contributed by atoms with van der Waals surface area (Å²) >= 11 is 9.34. The zero-order chi connectivity index (χ0) is 20.1. The summed E-state index contributed by atoms with van der Waals surface area (Å²) in [7, 11) is 0. The van der Waals surface area contributed by atoms with Crippen molar-refractivity contribution >= 4 is 44.9 Å². The Kier molecular flexibility index (Phi) is 6.44. The molecule has 0 fully saturated rings. The van der Waals surface area contributed by atoms with Crippen molar-refractivity contribution in [1.29, 1.82) is 0 Å². The smallest absolute Gasteiger partial charge is 0.262 e. The Balaban J connectivity index is 1.60. The highest BCUT2D eigenvalue weighted by molar-refractivity contribution is 9.10. The van der Waals surface area contributed by atoms with Gasteiger partial charge in [-0.2, -0.15) is 0 Å². The fraction of sp³-hybridized carbons (Fsp3) is 0.0952. The van der Waals surface area contributed by atoms with Gasteiger partial charge in [0.1, 0.15) is 5.75 Å². The molecule has 0 atom stereocenters. The molecule has 3 rings (SSSR count). The molecule has 0 radical (unpaired) electrons. The molecule has 3 aromatic rings. The number of aryl methyl sites for hydroxylation is 1. The van der Waals surface area contributed by atoms with Crippen molar-refractivity contribution in [2.75, 3.05) is 11.9 Å². The van der Waals surface area contributed by atoms with Gasteiger partial charge in [0.25, 0.3) is 5.91 Å². The summed E-state index contributed by atoms with van der Waals surface area (Å²) < 4.78 is 6.16. The van der Waals surface area contributed by atoms with E-state index in [-0.39, 0.29) is 18.3 Å². The van der Waals surface area contributed by atoms with E-state index in [9.17, 15) is 9.59 Å². The summed E-state index contributed by atoms with van der Waals surface area (Å²) in [5.41, 5.74) is 2.44. The normalized spacial score (nSPS) is 10.4. The van der Waals surface area contributed by atoms with E-state index >= 15 is 0 Å². The third kappa shape index (κ3) is 5.18. The number of pyridine rings is 1. The van der Waals surface area contributed by atoms with E-state index in [4.69, 9.17) is 16.3 Å². The second-order valence-corrected chi connectivity index (χ2v) is 7.29. The number of nitrogens with one attached hydrogen (secondary N) is 1. The highest BCUT2D eigenvalue weighted by atomic mass is 79.9. The van der Waals surface area contributed by atoms with E-state index in [0.29, 0.717) is 32.1 Å². The van der Waals surface area contributed by atoms with Gasteiger partial charge in [-0.15, -0.1) is 0 Å². The molecule has 2 aromatic carbocycles. The minimum atomic E-state index is -0.284. The first-order valence-electron chi connectivity index (χ1n) is 8.37. The molecule has 0 aliphatic carbocycles. The van der Waals surface area contributed by atoms with Crippen LogP contribution in [0.25, 0.3) is 0 Å². The van der Waals surface area contributed by atoms with E-state index in [0.717, 1.165) is 5.69 Å². The van der Waals surface area contributed by atoms with Gasteiger partial charge in [0.05, 0.1) is 0 Å². The van der Waals surface area contributed by atoms with Crippen LogP contribution in [0.3, 0.4) is 0 Å². The van der Waals surface area contributed by atoms with Crippen LogP contribution in [-0.4, -0.2) is 23.3 Å². The molecule has 5 nitrogen and oxygen atoms in total. The summed E-state index contributed by atoms with van der Waals surface area (Å²) in [4.78, 5) is 28.7. The molecule has 0 spiro atoms. The number of carbonyl (C=O) groups is 2. The molecular formula is C21H16BrClN2O3. The number of amides is 1. The lowest BCUT2D eigenvalue weighted by Crippen LogP contribution is -2.20. The van der Waals surface area contributed by atoms with Crippen LogP contribution in [0.2, 0.25) is 5.02 Å². The number of carbonyl (C=O) groups excluding carboxylic acids is 2. The highest BCUT2D eigenvalue weighted by Crippen LogP contribution is 2.24. The molecule has 0 aliphatic heterocycles. The predicted molar refractivity (Wildman–Crippen MR) is 112 cm³/mol. The molecule has 142 valence electrons. The molecule has 1 N–H and O–H groups in total. The third-order valence-electron chi connectivity index (χ3n) is 3.84. The molecule has 0 bridgehead atoms. The van der Waals surface area contributed by atoms with Crippen LogP contribution in [0.15, 0.2) is 65.3 Å². The number of anilines is 1. The number of rotatable bonds is 6. The zero-order valence-electron chi connectivity index (χ0n) is 14.9. The maximum absolute atomic E-state index is 12.6.